The molecule has 2 rings (SSSR count). The number of amides is 2. The summed E-state index contributed by atoms with van der Waals surface area (Å²) in [6.45, 7) is 3.97. The van der Waals surface area contributed by atoms with Gasteiger partial charge in [-0.05, 0) is 18.2 Å². The van der Waals surface area contributed by atoms with E-state index in [-0.39, 0.29) is 6.03 Å². The molecular formula is C13H14N4O. The number of nitrogens with one attached hydrogen (secondary N) is 2. The van der Waals surface area contributed by atoms with E-state index in [0.717, 1.165) is 5.69 Å². The molecule has 0 saturated heterocycles. The van der Waals surface area contributed by atoms with Gasteiger partial charge in [-0.15, -0.1) is 6.58 Å². The number of anilines is 1. The third-order valence-corrected chi connectivity index (χ3v) is 2.31. The van der Waals surface area contributed by atoms with Crippen molar-refractivity contribution in [2.45, 2.75) is 0 Å². The summed E-state index contributed by atoms with van der Waals surface area (Å²) in [7, 11) is 0. The molecule has 0 radical (unpaired) electrons. The molecule has 2 amide bonds. The second kappa shape index (κ2) is 5.67. The number of carbonyl (C=O) groups is 1. The van der Waals surface area contributed by atoms with Gasteiger partial charge in [0.1, 0.15) is 0 Å². The van der Waals surface area contributed by atoms with E-state index in [1.165, 1.54) is 0 Å². The molecular weight excluding hydrogens is 228 g/mol. The van der Waals surface area contributed by atoms with Crippen molar-refractivity contribution >= 4 is 11.7 Å². The molecule has 0 aliphatic rings. The summed E-state index contributed by atoms with van der Waals surface area (Å²) < 4.78 is 1.70. The molecule has 1 heterocycles. The Kier molecular flexibility index (Phi) is 3.76. The minimum atomic E-state index is -0.269. The summed E-state index contributed by atoms with van der Waals surface area (Å²) in [6.07, 6.45) is 5.13. The fourth-order valence-electron chi connectivity index (χ4n) is 1.52. The highest BCUT2D eigenvalue weighted by molar-refractivity contribution is 5.91. The molecule has 5 nitrogen and oxygen atoms in total. The van der Waals surface area contributed by atoms with Crippen LogP contribution in [0.5, 0.6) is 0 Å². The Morgan fingerprint density at radius 1 is 1.39 bits per heavy atom. The zero-order chi connectivity index (χ0) is 12.8. The van der Waals surface area contributed by atoms with Crippen LogP contribution in [0.25, 0.3) is 5.69 Å². The van der Waals surface area contributed by atoms with Crippen LogP contribution in [0.2, 0.25) is 0 Å². The first-order valence-corrected chi connectivity index (χ1v) is 5.56. The number of carbonyl (C=O) groups excluding carboxylic acids is 1. The van der Waals surface area contributed by atoms with Gasteiger partial charge in [-0.1, -0.05) is 18.2 Å². The summed E-state index contributed by atoms with van der Waals surface area (Å²) in [6, 6.07) is 9.02. The van der Waals surface area contributed by atoms with Crippen LogP contribution in [-0.2, 0) is 0 Å². The van der Waals surface area contributed by atoms with Crippen molar-refractivity contribution in [2.75, 3.05) is 11.9 Å². The van der Waals surface area contributed by atoms with Crippen LogP contribution in [0, 0.1) is 0 Å². The van der Waals surface area contributed by atoms with E-state index in [4.69, 9.17) is 0 Å². The summed E-state index contributed by atoms with van der Waals surface area (Å²) in [5, 5.41) is 9.58. The minimum Gasteiger partial charge on any atom is -0.334 e. The highest BCUT2D eigenvalue weighted by Crippen LogP contribution is 2.18. The number of rotatable bonds is 4. The van der Waals surface area contributed by atoms with Gasteiger partial charge in [-0.2, -0.15) is 5.10 Å². The lowest BCUT2D eigenvalue weighted by Crippen LogP contribution is -2.29. The van der Waals surface area contributed by atoms with Gasteiger partial charge in [0, 0.05) is 18.9 Å². The third-order valence-electron chi connectivity index (χ3n) is 2.31. The summed E-state index contributed by atoms with van der Waals surface area (Å²) >= 11 is 0. The van der Waals surface area contributed by atoms with Gasteiger partial charge in [0.25, 0.3) is 0 Å². The highest BCUT2D eigenvalue weighted by Gasteiger charge is 2.06. The lowest BCUT2D eigenvalue weighted by molar-refractivity contribution is 0.253. The Morgan fingerprint density at radius 2 is 2.22 bits per heavy atom. The number of para-hydroxylation sites is 2. The molecule has 0 atom stereocenters. The average Bonchev–Trinajstić information content (AvgIpc) is 2.91. The van der Waals surface area contributed by atoms with E-state index in [9.17, 15) is 4.79 Å². The van der Waals surface area contributed by atoms with E-state index in [2.05, 4.69) is 22.3 Å². The maximum atomic E-state index is 11.6. The van der Waals surface area contributed by atoms with Crippen LogP contribution in [0.3, 0.4) is 0 Å². The fraction of sp³-hybridized carbons (Fsp3) is 0.0769. The van der Waals surface area contributed by atoms with Gasteiger partial charge in [0.15, 0.2) is 0 Å². The standard InChI is InChI=1S/C13H14N4O/c1-2-8-14-13(18)16-11-6-3-4-7-12(11)17-10-5-9-15-17/h2-7,9-10H,1,8H2,(H2,14,16,18). The Hall–Kier alpha value is -2.56. The second-order valence-corrected chi connectivity index (χ2v) is 3.59. The smallest absolute Gasteiger partial charge is 0.319 e. The van der Waals surface area contributed by atoms with Gasteiger partial charge < -0.3 is 10.6 Å². The molecule has 0 aliphatic heterocycles. The van der Waals surface area contributed by atoms with Crippen LogP contribution in [0.4, 0.5) is 10.5 Å². The molecule has 0 unspecified atom stereocenters. The van der Waals surface area contributed by atoms with Crippen LogP contribution in [-0.4, -0.2) is 22.4 Å². The molecule has 92 valence electrons. The van der Waals surface area contributed by atoms with Crippen LogP contribution in [0.15, 0.2) is 55.4 Å². The Balaban J connectivity index is 2.18. The molecule has 0 spiro atoms. The van der Waals surface area contributed by atoms with Crippen molar-refractivity contribution in [3.8, 4) is 5.69 Å². The molecule has 0 bridgehead atoms. The second-order valence-electron chi connectivity index (χ2n) is 3.59. The van der Waals surface area contributed by atoms with Gasteiger partial charge in [0.05, 0.1) is 11.4 Å². The molecule has 1 aromatic carbocycles. The summed E-state index contributed by atoms with van der Waals surface area (Å²) in [4.78, 5) is 11.6. The van der Waals surface area contributed by atoms with Crippen LogP contribution >= 0.6 is 0 Å². The molecule has 2 aromatic rings. The minimum absolute atomic E-state index is 0.269. The Morgan fingerprint density at radius 3 is 2.94 bits per heavy atom. The third kappa shape index (κ3) is 2.76. The van der Waals surface area contributed by atoms with Crippen molar-refractivity contribution in [3.05, 3.63) is 55.4 Å². The zero-order valence-corrected chi connectivity index (χ0v) is 9.84. The van der Waals surface area contributed by atoms with E-state index < -0.39 is 0 Å². The van der Waals surface area contributed by atoms with Crippen molar-refractivity contribution < 1.29 is 4.79 Å². The summed E-state index contributed by atoms with van der Waals surface area (Å²) in [5.74, 6) is 0. The monoisotopic (exact) mass is 242 g/mol. The van der Waals surface area contributed by atoms with Crippen molar-refractivity contribution in [2.24, 2.45) is 0 Å². The molecule has 2 N–H and O–H groups in total. The zero-order valence-electron chi connectivity index (χ0n) is 9.84. The van der Waals surface area contributed by atoms with Gasteiger partial charge in [-0.25, -0.2) is 9.48 Å². The maximum Gasteiger partial charge on any atom is 0.319 e. The van der Waals surface area contributed by atoms with Crippen LogP contribution < -0.4 is 10.6 Å². The molecule has 5 heteroatoms. The number of benzene rings is 1. The van der Waals surface area contributed by atoms with Gasteiger partial charge in [-0.3, -0.25) is 0 Å². The van der Waals surface area contributed by atoms with Crippen molar-refractivity contribution in [3.63, 3.8) is 0 Å². The van der Waals surface area contributed by atoms with E-state index in [0.29, 0.717) is 12.2 Å². The molecule has 0 fully saturated rings. The first kappa shape index (κ1) is 11.9. The average molecular weight is 242 g/mol. The van der Waals surface area contributed by atoms with E-state index in [1.54, 1.807) is 17.0 Å². The number of hydrogen-bond acceptors (Lipinski definition) is 2. The van der Waals surface area contributed by atoms with Gasteiger partial charge in [0.2, 0.25) is 0 Å². The first-order chi connectivity index (χ1) is 8.81. The number of nitrogens with zero attached hydrogens (tertiary/aromatic N) is 2. The summed E-state index contributed by atoms with van der Waals surface area (Å²) in [5.41, 5.74) is 1.51. The van der Waals surface area contributed by atoms with Crippen LogP contribution in [0.1, 0.15) is 0 Å². The molecule has 0 saturated carbocycles. The largest absolute Gasteiger partial charge is 0.334 e. The predicted molar refractivity (Wildman–Crippen MR) is 70.8 cm³/mol. The van der Waals surface area contributed by atoms with E-state index >= 15 is 0 Å². The van der Waals surface area contributed by atoms with Crippen molar-refractivity contribution in [1.82, 2.24) is 15.1 Å². The number of urea groups is 1. The Bertz CT molecular complexity index is 534. The van der Waals surface area contributed by atoms with Gasteiger partial charge >= 0.3 is 6.03 Å². The van der Waals surface area contributed by atoms with Crippen molar-refractivity contribution in [1.29, 1.82) is 0 Å². The Labute approximate surface area is 105 Å². The first-order valence-electron chi connectivity index (χ1n) is 5.56. The number of aromatic nitrogens is 2. The highest BCUT2D eigenvalue weighted by atomic mass is 16.2. The lowest BCUT2D eigenvalue weighted by atomic mass is 10.2. The fourth-order valence-corrected chi connectivity index (χ4v) is 1.52. The quantitative estimate of drug-likeness (QED) is 0.807. The number of hydrogen-bond donors (Lipinski definition) is 2. The topological polar surface area (TPSA) is 59.0 Å². The normalized spacial score (nSPS) is 9.78. The maximum absolute atomic E-state index is 11.6. The molecule has 1 aromatic heterocycles. The molecule has 18 heavy (non-hydrogen) atoms. The van der Waals surface area contributed by atoms with E-state index in [1.807, 2.05) is 36.5 Å². The predicted octanol–water partition coefficient (Wildman–Crippen LogP) is 2.18. The molecule has 0 aliphatic carbocycles. The lowest BCUT2D eigenvalue weighted by Gasteiger charge is -2.11. The SMILES string of the molecule is C=CCNC(=O)Nc1ccccc1-n1cccn1.